The Labute approximate surface area is 105 Å². The summed E-state index contributed by atoms with van der Waals surface area (Å²) >= 11 is 0. The highest BCUT2D eigenvalue weighted by atomic mass is 16.7. The second kappa shape index (κ2) is 5.93. The molecule has 92 valence electrons. The molecule has 0 fully saturated rings. The molecule has 4 nitrogen and oxygen atoms in total. The quantitative estimate of drug-likeness (QED) is 0.597. The number of ketones is 1. The summed E-state index contributed by atoms with van der Waals surface area (Å²) in [6.07, 6.45) is 3.17. The SMILES string of the molecule is COCOc1ccccc1C(=O)c1cccnc1. The molecular weight excluding hydrogens is 230 g/mol. The molecular formula is C14H13NO3. The van der Waals surface area contributed by atoms with Crippen LogP contribution in [0.15, 0.2) is 48.8 Å². The molecule has 0 unspecified atom stereocenters. The van der Waals surface area contributed by atoms with Crippen LogP contribution in [0, 0.1) is 0 Å². The van der Waals surface area contributed by atoms with E-state index < -0.39 is 0 Å². The number of hydrogen-bond acceptors (Lipinski definition) is 4. The molecule has 0 N–H and O–H groups in total. The molecule has 0 aliphatic heterocycles. The van der Waals surface area contributed by atoms with Gasteiger partial charge in [0.25, 0.3) is 0 Å². The van der Waals surface area contributed by atoms with E-state index in [1.165, 1.54) is 13.3 Å². The molecule has 0 atom stereocenters. The van der Waals surface area contributed by atoms with Crippen LogP contribution in [0.2, 0.25) is 0 Å². The number of carbonyl (C=O) groups excluding carboxylic acids is 1. The summed E-state index contributed by atoms with van der Waals surface area (Å²) in [5.41, 5.74) is 1.04. The first-order valence-electron chi connectivity index (χ1n) is 5.48. The molecule has 1 heterocycles. The molecule has 0 radical (unpaired) electrons. The van der Waals surface area contributed by atoms with E-state index in [0.717, 1.165) is 0 Å². The van der Waals surface area contributed by atoms with Crippen molar-refractivity contribution in [1.29, 1.82) is 0 Å². The van der Waals surface area contributed by atoms with E-state index >= 15 is 0 Å². The van der Waals surface area contributed by atoms with E-state index in [2.05, 4.69) is 4.98 Å². The van der Waals surface area contributed by atoms with Gasteiger partial charge in [0, 0.05) is 25.1 Å². The average Bonchev–Trinajstić information content (AvgIpc) is 2.45. The Bertz CT molecular complexity index is 526. The van der Waals surface area contributed by atoms with Gasteiger partial charge in [0.15, 0.2) is 12.6 Å². The zero-order valence-corrected chi connectivity index (χ0v) is 10.00. The largest absolute Gasteiger partial charge is 0.467 e. The van der Waals surface area contributed by atoms with E-state index in [9.17, 15) is 4.79 Å². The first kappa shape index (κ1) is 12.3. The predicted molar refractivity (Wildman–Crippen MR) is 66.6 cm³/mol. The van der Waals surface area contributed by atoms with Crippen LogP contribution in [0.1, 0.15) is 15.9 Å². The molecule has 0 spiro atoms. The fourth-order valence-electron chi connectivity index (χ4n) is 1.56. The molecule has 18 heavy (non-hydrogen) atoms. The number of hydrogen-bond donors (Lipinski definition) is 0. The summed E-state index contributed by atoms with van der Waals surface area (Å²) in [6.45, 7) is 0.108. The van der Waals surface area contributed by atoms with E-state index in [1.54, 1.807) is 36.5 Å². The highest BCUT2D eigenvalue weighted by Gasteiger charge is 2.14. The number of benzene rings is 1. The van der Waals surface area contributed by atoms with Crippen molar-refractivity contribution in [2.24, 2.45) is 0 Å². The third kappa shape index (κ3) is 2.73. The van der Waals surface area contributed by atoms with Crippen molar-refractivity contribution in [2.75, 3.05) is 13.9 Å². The minimum absolute atomic E-state index is 0.108. The lowest BCUT2D eigenvalue weighted by atomic mass is 10.0. The molecule has 1 aromatic heterocycles. The summed E-state index contributed by atoms with van der Waals surface area (Å²) in [6, 6.07) is 10.5. The van der Waals surface area contributed by atoms with Crippen LogP contribution >= 0.6 is 0 Å². The molecule has 0 saturated carbocycles. The number of para-hydroxylation sites is 1. The highest BCUT2D eigenvalue weighted by molar-refractivity contribution is 6.10. The maximum Gasteiger partial charge on any atom is 0.198 e. The van der Waals surface area contributed by atoms with Crippen LogP contribution in [-0.2, 0) is 4.74 Å². The fourth-order valence-corrected chi connectivity index (χ4v) is 1.56. The number of pyridine rings is 1. The highest BCUT2D eigenvalue weighted by Crippen LogP contribution is 2.21. The number of rotatable bonds is 5. The summed E-state index contributed by atoms with van der Waals surface area (Å²) in [4.78, 5) is 16.2. The fraction of sp³-hybridized carbons (Fsp3) is 0.143. The number of methoxy groups -OCH3 is 1. The Balaban J connectivity index is 2.30. The van der Waals surface area contributed by atoms with Gasteiger partial charge in [-0.1, -0.05) is 12.1 Å². The van der Waals surface area contributed by atoms with Crippen LogP contribution in [0.4, 0.5) is 0 Å². The third-order valence-corrected chi connectivity index (χ3v) is 2.39. The van der Waals surface area contributed by atoms with Gasteiger partial charge in [0.1, 0.15) is 5.75 Å². The van der Waals surface area contributed by atoms with Crippen molar-refractivity contribution in [1.82, 2.24) is 4.98 Å². The van der Waals surface area contributed by atoms with Gasteiger partial charge in [0.05, 0.1) is 5.56 Å². The Morgan fingerprint density at radius 2 is 2.06 bits per heavy atom. The number of carbonyl (C=O) groups is 1. The van der Waals surface area contributed by atoms with Gasteiger partial charge in [0.2, 0.25) is 0 Å². The molecule has 4 heteroatoms. The van der Waals surface area contributed by atoms with Crippen molar-refractivity contribution < 1.29 is 14.3 Å². The molecule has 0 aliphatic carbocycles. The summed E-state index contributed by atoms with van der Waals surface area (Å²) in [5.74, 6) is 0.392. The van der Waals surface area contributed by atoms with Crippen LogP contribution in [0.3, 0.4) is 0 Å². The van der Waals surface area contributed by atoms with E-state index in [0.29, 0.717) is 16.9 Å². The van der Waals surface area contributed by atoms with E-state index in [1.807, 2.05) is 6.07 Å². The van der Waals surface area contributed by atoms with Crippen molar-refractivity contribution in [3.05, 3.63) is 59.9 Å². The Hall–Kier alpha value is -2.20. The van der Waals surface area contributed by atoms with Crippen molar-refractivity contribution >= 4 is 5.78 Å². The van der Waals surface area contributed by atoms with Gasteiger partial charge in [-0.25, -0.2) is 0 Å². The van der Waals surface area contributed by atoms with Crippen LogP contribution in [-0.4, -0.2) is 24.7 Å². The summed E-state index contributed by atoms with van der Waals surface area (Å²) in [7, 11) is 1.53. The Morgan fingerprint density at radius 1 is 1.22 bits per heavy atom. The second-order valence-electron chi connectivity index (χ2n) is 3.62. The lowest BCUT2D eigenvalue weighted by molar-refractivity contribution is 0.0503. The zero-order valence-electron chi connectivity index (χ0n) is 10.00. The van der Waals surface area contributed by atoms with Gasteiger partial charge in [-0.15, -0.1) is 0 Å². The molecule has 1 aromatic carbocycles. The van der Waals surface area contributed by atoms with Gasteiger partial charge < -0.3 is 9.47 Å². The van der Waals surface area contributed by atoms with Crippen molar-refractivity contribution in [3.8, 4) is 5.75 Å². The molecule has 0 saturated heterocycles. The van der Waals surface area contributed by atoms with Crippen LogP contribution < -0.4 is 4.74 Å². The van der Waals surface area contributed by atoms with Gasteiger partial charge in [-0.3, -0.25) is 9.78 Å². The first-order chi connectivity index (χ1) is 8.83. The van der Waals surface area contributed by atoms with Crippen LogP contribution in [0.5, 0.6) is 5.75 Å². The lowest BCUT2D eigenvalue weighted by Crippen LogP contribution is -2.07. The molecule has 0 aliphatic rings. The van der Waals surface area contributed by atoms with E-state index in [4.69, 9.17) is 9.47 Å². The normalized spacial score (nSPS) is 10.1. The molecule has 2 aromatic rings. The minimum Gasteiger partial charge on any atom is -0.467 e. The van der Waals surface area contributed by atoms with E-state index in [-0.39, 0.29) is 12.6 Å². The maximum absolute atomic E-state index is 12.3. The third-order valence-electron chi connectivity index (χ3n) is 2.39. The number of nitrogens with zero attached hydrogens (tertiary/aromatic N) is 1. The Kier molecular flexibility index (Phi) is 4.04. The first-order valence-corrected chi connectivity index (χ1v) is 5.48. The second-order valence-corrected chi connectivity index (χ2v) is 3.62. The smallest absolute Gasteiger partial charge is 0.198 e. The molecule has 0 bridgehead atoms. The summed E-state index contributed by atoms with van der Waals surface area (Å²) in [5, 5.41) is 0. The van der Waals surface area contributed by atoms with Crippen molar-refractivity contribution in [3.63, 3.8) is 0 Å². The summed E-state index contributed by atoms with van der Waals surface area (Å²) < 4.78 is 10.2. The number of ether oxygens (including phenoxy) is 2. The monoisotopic (exact) mass is 243 g/mol. The topological polar surface area (TPSA) is 48.4 Å². The standard InChI is InChI=1S/C14H13NO3/c1-17-10-18-13-7-3-2-6-12(13)14(16)11-5-4-8-15-9-11/h2-9H,10H2,1H3. The van der Waals surface area contributed by atoms with Crippen LogP contribution in [0.25, 0.3) is 0 Å². The van der Waals surface area contributed by atoms with Gasteiger partial charge in [-0.05, 0) is 24.3 Å². The Morgan fingerprint density at radius 3 is 2.78 bits per heavy atom. The molecule has 0 amide bonds. The minimum atomic E-state index is -0.116. The van der Waals surface area contributed by atoms with Crippen molar-refractivity contribution in [2.45, 2.75) is 0 Å². The van der Waals surface area contributed by atoms with Gasteiger partial charge in [-0.2, -0.15) is 0 Å². The lowest BCUT2D eigenvalue weighted by Gasteiger charge is -2.09. The van der Waals surface area contributed by atoms with Gasteiger partial charge >= 0.3 is 0 Å². The maximum atomic E-state index is 12.3. The molecule has 2 rings (SSSR count). The zero-order chi connectivity index (χ0) is 12.8. The average molecular weight is 243 g/mol. The predicted octanol–water partition coefficient (Wildman–Crippen LogP) is 2.30. The number of aromatic nitrogens is 1.